The van der Waals surface area contributed by atoms with E-state index in [0.29, 0.717) is 10.8 Å². The highest BCUT2D eigenvalue weighted by atomic mass is 32.2. The van der Waals surface area contributed by atoms with Gasteiger partial charge in [0.15, 0.2) is 0 Å². The van der Waals surface area contributed by atoms with Gasteiger partial charge in [-0.3, -0.25) is 0 Å². The maximum Gasteiger partial charge on any atom is 0.0476 e. The van der Waals surface area contributed by atoms with Crippen molar-refractivity contribution in [1.82, 2.24) is 5.32 Å². The van der Waals surface area contributed by atoms with Gasteiger partial charge < -0.3 is 10.1 Å². The Balaban J connectivity index is 2.04. The molecule has 0 radical (unpaired) electrons. The molecule has 2 nitrogen and oxygen atoms in total. The molecule has 3 heteroatoms. The van der Waals surface area contributed by atoms with E-state index in [1.807, 2.05) is 11.8 Å². The molecule has 0 saturated heterocycles. The van der Waals surface area contributed by atoms with Crippen LogP contribution in [-0.2, 0) is 4.74 Å². The normalized spacial score (nSPS) is 21.5. The van der Waals surface area contributed by atoms with Crippen LogP contribution in [0.25, 0.3) is 0 Å². The van der Waals surface area contributed by atoms with E-state index in [9.17, 15) is 0 Å². The first-order valence-electron chi connectivity index (χ1n) is 5.00. The monoisotopic (exact) mass is 203 g/mol. The van der Waals surface area contributed by atoms with E-state index in [1.54, 1.807) is 7.11 Å². The van der Waals surface area contributed by atoms with Gasteiger partial charge in [-0.25, -0.2) is 0 Å². The summed E-state index contributed by atoms with van der Waals surface area (Å²) in [7, 11) is 1.76. The first-order chi connectivity index (χ1) is 6.22. The van der Waals surface area contributed by atoms with Crippen molar-refractivity contribution in [2.75, 3.05) is 26.5 Å². The lowest BCUT2D eigenvalue weighted by Crippen LogP contribution is -2.34. The summed E-state index contributed by atoms with van der Waals surface area (Å²) in [6, 6.07) is 0.588. The van der Waals surface area contributed by atoms with E-state index in [0.717, 1.165) is 13.0 Å². The van der Waals surface area contributed by atoms with Gasteiger partial charge in [0.2, 0.25) is 0 Å². The number of hydrogen-bond donors (Lipinski definition) is 1. The zero-order valence-corrected chi connectivity index (χ0v) is 9.75. The van der Waals surface area contributed by atoms with Crippen molar-refractivity contribution in [3.8, 4) is 0 Å². The summed E-state index contributed by atoms with van der Waals surface area (Å²) in [5.41, 5.74) is 0. The summed E-state index contributed by atoms with van der Waals surface area (Å²) in [6.07, 6.45) is 6.10. The Morgan fingerprint density at radius 2 is 2.23 bits per heavy atom. The third-order valence-electron chi connectivity index (χ3n) is 2.77. The molecule has 1 unspecified atom stereocenters. The first kappa shape index (κ1) is 11.3. The molecule has 1 aliphatic rings. The summed E-state index contributed by atoms with van der Waals surface area (Å²) in [4.78, 5) is 0. The highest BCUT2D eigenvalue weighted by Gasteiger charge is 2.41. The Kier molecular flexibility index (Phi) is 4.56. The average Bonchev–Trinajstić information content (AvgIpc) is 2.92. The Labute approximate surface area is 85.8 Å². The Bertz CT molecular complexity index is 148. The van der Waals surface area contributed by atoms with E-state index < -0.39 is 0 Å². The van der Waals surface area contributed by atoms with Gasteiger partial charge in [-0.05, 0) is 32.4 Å². The maximum atomic E-state index is 5.04. The smallest absolute Gasteiger partial charge is 0.0476 e. The van der Waals surface area contributed by atoms with E-state index in [4.69, 9.17) is 4.74 Å². The van der Waals surface area contributed by atoms with Crippen molar-refractivity contribution >= 4 is 11.8 Å². The maximum absolute atomic E-state index is 5.04. The van der Waals surface area contributed by atoms with Crippen molar-refractivity contribution in [2.45, 2.75) is 37.0 Å². The van der Waals surface area contributed by atoms with Gasteiger partial charge >= 0.3 is 0 Å². The molecule has 0 aliphatic heterocycles. The molecule has 13 heavy (non-hydrogen) atoms. The number of rotatable bonds is 7. The molecule has 0 amide bonds. The third-order valence-corrected chi connectivity index (χ3v) is 4.19. The van der Waals surface area contributed by atoms with Crippen LogP contribution in [0.5, 0.6) is 0 Å². The summed E-state index contributed by atoms with van der Waals surface area (Å²) in [6.45, 7) is 4.26. The molecular formula is C10H21NOS. The molecule has 0 aromatic rings. The van der Waals surface area contributed by atoms with Crippen LogP contribution >= 0.6 is 11.8 Å². The van der Waals surface area contributed by atoms with E-state index in [1.165, 1.54) is 19.4 Å². The fraction of sp³-hybridized carbons (Fsp3) is 1.00. The molecule has 1 fully saturated rings. The highest BCUT2D eigenvalue weighted by molar-refractivity contribution is 8.00. The first-order valence-corrected chi connectivity index (χ1v) is 6.22. The fourth-order valence-electron chi connectivity index (χ4n) is 1.35. The van der Waals surface area contributed by atoms with E-state index in [-0.39, 0.29) is 0 Å². The third kappa shape index (κ3) is 3.88. The van der Waals surface area contributed by atoms with Crippen molar-refractivity contribution in [1.29, 1.82) is 0 Å². The van der Waals surface area contributed by atoms with Crippen molar-refractivity contribution in [3.05, 3.63) is 0 Å². The van der Waals surface area contributed by atoms with Gasteiger partial charge in [0, 0.05) is 31.1 Å². The molecule has 78 valence electrons. The predicted octanol–water partition coefficient (Wildman–Crippen LogP) is 1.90. The minimum absolute atomic E-state index is 0.585. The van der Waals surface area contributed by atoms with Crippen molar-refractivity contribution in [3.63, 3.8) is 0 Å². The van der Waals surface area contributed by atoms with Crippen molar-refractivity contribution < 1.29 is 4.74 Å². The van der Waals surface area contributed by atoms with Crippen LogP contribution in [0.1, 0.15) is 26.2 Å². The van der Waals surface area contributed by atoms with Crippen LogP contribution in [0.2, 0.25) is 0 Å². The molecule has 1 N–H and O–H groups in total. The molecule has 1 aliphatic carbocycles. The van der Waals surface area contributed by atoms with Crippen molar-refractivity contribution in [2.24, 2.45) is 0 Å². The number of nitrogens with one attached hydrogen (secondary N) is 1. The van der Waals surface area contributed by atoms with Crippen LogP contribution in [0.15, 0.2) is 0 Å². The predicted molar refractivity (Wildman–Crippen MR) is 59.4 cm³/mol. The van der Waals surface area contributed by atoms with E-state index in [2.05, 4.69) is 18.5 Å². The van der Waals surface area contributed by atoms with Gasteiger partial charge in [-0.15, -0.1) is 0 Å². The highest BCUT2D eigenvalue weighted by Crippen LogP contribution is 2.46. The lowest BCUT2D eigenvalue weighted by molar-refractivity contribution is 0.185. The quantitative estimate of drug-likeness (QED) is 0.683. The molecule has 0 bridgehead atoms. The summed E-state index contributed by atoms with van der Waals surface area (Å²) < 4.78 is 5.63. The SMILES string of the molecule is COCCC(C)NCC1(SC)CC1. The number of thioether (sulfide) groups is 1. The number of ether oxygens (including phenoxy) is 1. The largest absolute Gasteiger partial charge is 0.385 e. The molecule has 0 spiro atoms. The minimum atomic E-state index is 0.585. The van der Waals surface area contributed by atoms with E-state index >= 15 is 0 Å². The van der Waals surface area contributed by atoms with Crippen LogP contribution in [0.4, 0.5) is 0 Å². The average molecular weight is 203 g/mol. The van der Waals surface area contributed by atoms with Gasteiger partial charge in [-0.1, -0.05) is 0 Å². The number of hydrogen-bond acceptors (Lipinski definition) is 3. The Morgan fingerprint density at radius 3 is 2.69 bits per heavy atom. The Hall–Kier alpha value is 0.270. The van der Waals surface area contributed by atoms with Crippen LogP contribution in [0.3, 0.4) is 0 Å². The Morgan fingerprint density at radius 1 is 1.54 bits per heavy atom. The molecule has 0 heterocycles. The van der Waals surface area contributed by atoms with Gasteiger partial charge in [-0.2, -0.15) is 11.8 Å². The second-order valence-electron chi connectivity index (χ2n) is 3.95. The zero-order chi connectivity index (χ0) is 9.73. The van der Waals surface area contributed by atoms with Gasteiger partial charge in [0.25, 0.3) is 0 Å². The second kappa shape index (κ2) is 5.23. The lowest BCUT2D eigenvalue weighted by atomic mass is 10.2. The molecule has 1 rings (SSSR count). The topological polar surface area (TPSA) is 21.3 Å². The second-order valence-corrected chi connectivity index (χ2v) is 5.22. The minimum Gasteiger partial charge on any atom is -0.385 e. The lowest BCUT2D eigenvalue weighted by Gasteiger charge is -2.18. The van der Waals surface area contributed by atoms with Crippen LogP contribution in [-0.4, -0.2) is 37.3 Å². The molecular weight excluding hydrogens is 182 g/mol. The molecule has 0 aromatic heterocycles. The number of methoxy groups -OCH3 is 1. The van der Waals surface area contributed by atoms with Gasteiger partial charge in [0.05, 0.1) is 0 Å². The van der Waals surface area contributed by atoms with Crippen LogP contribution in [0, 0.1) is 0 Å². The molecule has 1 atom stereocenters. The van der Waals surface area contributed by atoms with Gasteiger partial charge in [0.1, 0.15) is 0 Å². The fourth-order valence-corrected chi connectivity index (χ4v) is 2.09. The molecule has 1 saturated carbocycles. The standard InChI is InChI=1S/C10H21NOS/c1-9(4-7-12-2)11-8-10(13-3)5-6-10/h9,11H,4-8H2,1-3H3. The summed E-state index contributed by atoms with van der Waals surface area (Å²) in [5.74, 6) is 0. The van der Waals surface area contributed by atoms with Crippen LogP contribution < -0.4 is 5.32 Å². The summed E-state index contributed by atoms with van der Waals surface area (Å²) >= 11 is 2.01. The molecule has 0 aromatic carbocycles. The zero-order valence-electron chi connectivity index (χ0n) is 8.93. The summed E-state index contributed by atoms with van der Waals surface area (Å²) in [5, 5.41) is 3.57.